The molecule has 0 amide bonds. The molecule has 0 atom stereocenters. The van der Waals surface area contributed by atoms with Crippen LogP contribution in [-0.2, 0) is 16.6 Å². The highest BCUT2D eigenvalue weighted by molar-refractivity contribution is 7.89. The lowest BCUT2D eigenvalue weighted by atomic mass is 10.4. The Balaban J connectivity index is 2.81. The van der Waals surface area contributed by atoms with Gasteiger partial charge in [-0.05, 0) is 19.1 Å². The molecule has 5 nitrogen and oxygen atoms in total. The van der Waals surface area contributed by atoms with Gasteiger partial charge in [0.25, 0.3) is 10.0 Å². The van der Waals surface area contributed by atoms with Crippen molar-refractivity contribution in [2.24, 2.45) is 5.73 Å². The Hall–Kier alpha value is -1.11. The van der Waals surface area contributed by atoms with Gasteiger partial charge in [-0.15, -0.1) is 0 Å². The summed E-state index contributed by atoms with van der Waals surface area (Å²) in [7, 11) is -3.58. The molecule has 0 radical (unpaired) electrons. The zero-order chi connectivity index (χ0) is 11.5. The maximum Gasteiger partial charge on any atom is 0.274 e. The molecule has 1 heterocycles. The van der Waals surface area contributed by atoms with Crippen LogP contribution in [0.1, 0.15) is 12.7 Å². The van der Waals surface area contributed by atoms with Crippen molar-refractivity contribution in [2.75, 3.05) is 6.54 Å². The third kappa shape index (κ3) is 3.19. The molecule has 0 aliphatic carbocycles. The van der Waals surface area contributed by atoms with Crippen LogP contribution in [-0.4, -0.2) is 15.0 Å². The highest BCUT2D eigenvalue weighted by atomic mass is 32.2. The van der Waals surface area contributed by atoms with E-state index in [9.17, 15) is 8.42 Å². The smallest absolute Gasteiger partial charge is 0.274 e. The first-order valence-electron chi connectivity index (χ1n) is 4.38. The highest BCUT2D eigenvalue weighted by Gasteiger charge is 2.17. The van der Waals surface area contributed by atoms with Crippen LogP contribution in [0.25, 0.3) is 0 Å². The van der Waals surface area contributed by atoms with E-state index < -0.39 is 10.0 Å². The molecular formula is C9H14N2O3S. The molecule has 0 bridgehead atoms. The van der Waals surface area contributed by atoms with Gasteiger partial charge in [-0.25, -0.2) is 13.1 Å². The topological polar surface area (TPSA) is 85.3 Å². The van der Waals surface area contributed by atoms with Gasteiger partial charge in [0.2, 0.25) is 5.09 Å². The zero-order valence-electron chi connectivity index (χ0n) is 8.49. The maximum absolute atomic E-state index is 11.6. The third-order valence-electron chi connectivity index (χ3n) is 1.67. The van der Waals surface area contributed by atoms with Gasteiger partial charge in [0, 0.05) is 6.54 Å². The quantitative estimate of drug-likeness (QED) is 0.725. The Morgan fingerprint density at radius 2 is 2.27 bits per heavy atom. The molecule has 0 fully saturated rings. The molecule has 0 saturated heterocycles. The second kappa shape index (κ2) is 4.61. The average molecular weight is 230 g/mol. The number of nitrogens with one attached hydrogen (secondary N) is 1. The van der Waals surface area contributed by atoms with Gasteiger partial charge in [-0.1, -0.05) is 12.2 Å². The van der Waals surface area contributed by atoms with Gasteiger partial charge in [0.1, 0.15) is 5.76 Å². The summed E-state index contributed by atoms with van der Waals surface area (Å²) in [5.74, 6) is 0.436. The number of furan rings is 1. The van der Waals surface area contributed by atoms with Crippen molar-refractivity contribution in [3.63, 3.8) is 0 Å². The lowest BCUT2D eigenvalue weighted by Gasteiger charge is -2.02. The van der Waals surface area contributed by atoms with E-state index in [0.717, 1.165) is 5.57 Å². The van der Waals surface area contributed by atoms with Gasteiger partial charge >= 0.3 is 0 Å². The monoisotopic (exact) mass is 230 g/mol. The van der Waals surface area contributed by atoms with Crippen LogP contribution in [0.4, 0.5) is 0 Å². The van der Waals surface area contributed by atoms with Crippen LogP contribution >= 0.6 is 0 Å². The van der Waals surface area contributed by atoms with Crippen molar-refractivity contribution in [2.45, 2.75) is 18.6 Å². The summed E-state index contributed by atoms with van der Waals surface area (Å²) in [6.45, 7) is 5.70. The summed E-state index contributed by atoms with van der Waals surface area (Å²) >= 11 is 0. The molecule has 3 N–H and O–H groups in total. The van der Waals surface area contributed by atoms with Gasteiger partial charge < -0.3 is 10.2 Å². The largest absolute Gasteiger partial charge is 0.447 e. The van der Waals surface area contributed by atoms with Gasteiger partial charge in [-0.3, -0.25) is 0 Å². The van der Waals surface area contributed by atoms with Crippen molar-refractivity contribution in [3.8, 4) is 0 Å². The summed E-state index contributed by atoms with van der Waals surface area (Å²) < 4.78 is 30.5. The summed E-state index contributed by atoms with van der Waals surface area (Å²) in [6, 6.07) is 2.91. The Labute approximate surface area is 89.0 Å². The number of hydrogen-bond donors (Lipinski definition) is 2. The second-order valence-electron chi connectivity index (χ2n) is 3.21. The normalized spacial score (nSPS) is 11.6. The molecule has 0 aromatic carbocycles. The van der Waals surface area contributed by atoms with Crippen molar-refractivity contribution in [1.82, 2.24) is 4.72 Å². The molecule has 6 heteroatoms. The predicted molar refractivity (Wildman–Crippen MR) is 56.6 cm³/mol. The van der Waals surface area contributed by atoms with Crippen molar-refractivity contribution in [3.05, 3.63) is 30.0 Å². The van der Waals surface area contributed by atoms with Gasteiger partial charge in [0.05, 0.1) is 6.54 Å². The Bertz CT molecular complexity index is 448. The van der Waals surface area contributed by atoms with Gasteiger partial charge in [0.15, 0.2) is 0 Å². The standard InChI is InChI=1S/C9H14N2O3S/c1-7(2)6-11-15(12,13)9-4-3-8(5-10)14-9/h3-4,11H,1,5-6,10H2,2H3. The van der Waals surface area contributed by atoms with E-state index in [0.29, 0.717) is 5.76 Å². The van der Waals surface area contributed by atoms with E-state index in [1.165, 1.54) is 12.1 Å². The van der Waals surface area contributed by atoms with E-state index in [-0.39, 0.29) is 18.2 Å². The van der Waals surface area contributed by atoms with Crippen LogP contribution in [0.3, 0.4) is 0 Å². The maximum atomic E-state index is 11.6. The number of sulfonamides is 1. The summed E-state index contributed by atoms with van der Waals surface area (Å²) in [5.41, 5.74) is 6.03. The van der Waals surface area contributed by atoms with E-state index in [2.05, 4.69) is 11.3 Å². The first-order chi connectivity index (χ1) is 6.95. The van der Waals surface area contributed by atoms with E-state index in [1.807, 2.05) is 0 Å². The molecule has 0 saturated carbocycles. The van der Waals surface area contributed by atoms with Crippen molar-refractivity contribution >= 4 is 10.0 Å². The minimum atomic E-state index is -3.58. The molecule has 15 heavy (non-hydrogen) atoms. The van der Waals surface area contributed by atoms with Crippen LogP contribution in [0, 0.1) is 0 Å². The van der Waals surface area contributed by atoms with Crippen LogP contribution in [0.2, 0.25) is 0 Å². The molecule has 0 unspecified atom stereocenters. The predicted octanol–water partition coefficient (Wildman–Crippen LogP) is 0.593. The molecule has 0 spiro atoms. The molecular weight excluding hydrogens is 216 g/mol. The average Bonchev–Trinajstić information content (AvgIpc) is 2.63. The fraction of sp³-hybridized carbons (Fsp3) is 0.333. The molecule has 0 aliphatic heterocycles. The lowest BCUT2D eigenvalue weighted by molar-refractivity contribution is 0.413. The zero-order valence-corrected chi connectivity index (χ0v) is 9.30. The van der Waals surface area contributed by atoms with Crippen LogP contribution in [0.15, 0.2) is 33.8 Å². The number of hydrogen-bond acceptors (Lipinski definition) is 4. The first-order valence-corrected chi connectivity index (χ1v) is 5.87. The molecule has 1 aromatic heterocycles. The Kier molecular flexibility index (Phi) is 3.67. The minimum absolute atomic E-state index is 0.121. The minimum Gasteiger partial charge on any atom is -0.447 e. The van der Waals surface area contributed by atoms with Gasteiger partial charge in [-0.2, -0.15) is 0 Å². The third-order valence-corrected chi connectivity index (χ3v) is 2.94. The Morgan fingerprint density at radius 3 is 2.73 bits per heavy atom. The van der Waals surface area contributed by atoms with E-state index >= 15 is 0 Å². The Morgan fingerprint density at radius 1 is 1.60 bits per heavy atom. The summed E-state index contributed by atoms with van der Waals surface area (Å²) in [4.78, 5) is 0. The van der Waals surface area contributed by atoms with Crippen molar-refractivity contribution < 1.29 is 12.8 Å². The highest BCUT2D eigenvalue weighted by Crippen LogP contribution is 2.13. The first kappa shape index (κ1) is 12.0. The number of rotatable bonds is 5. The molecule has 1 rings (SSSR count). The molecule has 1 aromatic rings. The van der Waals surface area contributed by atoms with E-state index in [1.54, 1.807) is 6.92 Å². The lowest BCUT2D eigenvalue weighted by Crippen LogP contribution is -2.24. The fourth-order valence-corrected chi connectivity index (χ4v) is 1.94. The SMILES string of the molecule is C=C(C)CNS(=O)(=O)c1ccc(CN)o1. The van der Waals surface area contributed by atoms with E-state index in [4.69, 9.17) is 10.2 Å². The fourth-order valence-electron chi connectivity index (χ4n) is 0.902. The van der Waals surface area contributed by atoms with Crippen LogP contribution in [0.5, 0.6) is 0 Å². The summed E-state index contributed by atoms with van der Waals surface area (Å²) in [5, 5.41) is -0.121. The van der Waals surface area contributed by atoms with Crippen molar-refractivity contribution in [1.29, 1.82) is 0 Å². The second-order valence-corrected chi connectivity index (χ2v) is 4.90. The molecule has 0 aliphatic rings. The number of nitrogens with two attached hydrogens (primary N) is 1. The van der Waals surface area contributed by atoms with Crippen LogP contribution < -0.4 is 10.5 Å². The summed E-state index contributed by atoms with van der Waals surface area (Å²) in [6.07, 6.45) is 0. The molecule has 84 valence electrons.